The van der Waals surface area contributed by atoms with Crippen LogP contribution < -0.4 is 5.32 Å². The van der Waals surface area contributed by atoms with Gasteiger partial charge in [-0.1, -0.05) is 21.9 Å². The van der Waals surface area contributed by atoms with Crippen molar-refractivity contribution < 1.29 is 9.05 Å². The SMILES string of the molecule is Cc1ncc2c(c1-c1noc(CCc3cc(Cl)no3)n1)CCNC2. The lowest BCUT2D eigenvalue weighted by molar-refractivity contribution is 0.357. The Morgan fingerprint density at radius 3 is 3.00 bits per heavy atom. The lowest BCUT2D eigenvalue weighted by Crippen LogP contribution is -2.24. The summed E-state index contributed by atoms with van der Waals surface area (Å²) in [5, 5.41) is 11.5. The van der Waals surface area contributed by atoms with E-state index in [1.165, 1.54) is 11.1 Å². The van der Waals surface area contributed by atoms with E-state index in [1.54, 1.807) is 6.07 Å². The van der Waals surface area contributed by atoms with Crippen LogP contribution in [0.4, 0.5) is 0 Å². The standard InChI is InChI=1S/C16H16ClN5O2/c1-9-15(12-4-5-18-7-10(12)8-19-9)16-20-14(24-22-16)3-2-11-6-13(17)21-23-11/h6,8,18H,2-5,7H2,1H3. The number of hydrogen-bond acceptors (Lipinski definition) is 7. The number of fused-ring (bicyclic) bond motifs is 1. The predicted octanol–water partition coefficient (Wildman–Crippen LogP) is 2.51. The van der Waals surface area contributed by atoms with Crippen molar-refractivity contribution in [1.29, 1.82) is 0 Å². The maximum atomic E-state index is 5.74. The summed E-state index contributed by atoms with van der Waals surface area (Å²) in [7, 11) is 0. The van der Waals surface area contributed by atoms with Crippen molar-refractivity contribution >= 4 is 11.6 Å². The summed E-state index contributed by atoms with van der Waals surface area (Å²) in [6.07, 6.45) is 4.04. The fourth-order valence-electron chi connectivity index (χ4n) is 2.96. The Balaban J connectivity index is 1.58. The molecule has 0 aliphatic carbocycles. The summed E-state index contributed by atoms with van der Waals surface area (Å²) < 4.78 is 10.5. The van der Waals surface area contributed by atoms with Crippen LogP contribution in [-0.2, 0) is 25.8 Å². The highest BCUT2D eigenvalue weighted by molar-refractivity contribution is 6.29. The zero-order valence-corrected chi connectivity index (χ0v) is 13.9. The van der Waals surface area contributed by atoms with Gasteiger partial charge in [0.25, 0.3) is 0 Å². The van der Waals surface area contributed by atoms with Gasteiger partial charge in [-0.3, -0.25) is 4.98 Å². The van der Waals surface area contributed by atoms with Crippen molar-refractivity contribution in [1.82, 2.24) is 25.6 Å². The van der Waals surface area contributed by atoms with Crippen molar-refractivity contribution in [3.63, 3.8) is 0 Å². The van der Waals surface area contributed by atoms with Gasteiger partial charge in [-0.05, 0) is 31.0 Å². The topological polar surface area (TPSA) is 89.9 Å². The smallest absolute Gasteiger partial charge is 0.227 e. The van der Waals surface area contributed by atoms with Crippen LogP contribution in [-0.4, -0.2) is 26.8 Å². The summed E-state index contributed by atoms with van der Waals surface area (Å²) in [5.74, 6) is 1.86. The Morgan fingerprint density at radius 2 is 2.17 bits per heavy atom. The molecule has 24 heavy (non-hydrogen) atoms. The van der Waals surface area contributed by atoms with E-state index < -0.39 is 0 Å². The molecule has 0 aromatic carbocycles. The molecule has 3 aromatic heterocycles. The van der Waals surface area contributed by atoms with Gasteiger partial charge in [0.15, 0.2) is 5.15 Å². The quantitative estimate of drug-likeness (QED) is 0.776. The second kappa shape index (κ2) is 6.33. The van der Waals surface area contributed by atoms with E-state index in [0.29, 0.717) is 35.5 Å². The summed E-state index contributed by atoms with van der Waals surface area (Å²) >= 11 is 5.74. The number of pyridine rings is 1. The third kappa shape index (κ3) is 2.92. The van der Waals surface area contributed by atoms with Gasteiger partial charge in [-0.25, -0.2) is 0 Å². The minimum absolute atomic E-state index is 0.349. The largest absolute Gasteiger partial charge is 0.360 e. The third-order valence-corrected chi connectivity index (χ3v) is 4.32. The number of hydrogen-bond donors (Lipinski definition) is 1. The first-order valence-electron chi connectivity index (χ1n) is 7.83. The van der Waals surface area contributed by atoms with Crippen molar-refractivity contribution in [3.05, 3.63) is 45.9 Å². The van der Waals surface area contributed by atoms with Crippen molar-refractivity contribution in [2.24, 2.45) is 0 Å². The number of nitrogens with zero attached hydrogens (tertiary/aromatic N) is 4. The van der Waals surface area contributed by atoms with E-state index in [2.05, 4.69) is 25.6 Å². The molecule has 0 saturated heterocycles. The molecule has 124 valence electrons. The molecule has 0 radical (unpaired) electrons. The minimum Gasteiger partial charge on any atom is -0.360 e. The average molecular weight is 346 g/mol. The first-order valence-corrected chi connectivity index (χ1v) is 8.20. The molecule has 0 saturated carbocycles. The maximum absolute atomic E-state index is 5.74. The van der Waals surface area contributed by atoms with Gasteiger partial charge in [-0.2, -0.15) is 4.98 Å². The second-order valence-electron chi connectivity index (χ2n) is 5.78. The molecule has 3 aromatic rings. The lowest BCUT2D eigenvalue weighted by atomic mass is 9.95. The van der Waals surface area contributed by atoms with Gasteiger partial charge < -0.3 is 14.4 Å². The molecule has 0 fully saturated rings. The van der Waals surface area contributed by atoms with Crippen LogP contribution in [0.25, 0.3) is 11.4 Å². The van der Waals surface area contributed by atoms with Gasteiger partial charge >= 0.3 is 0 Å². The fraction of sp³-hybridized carbons (Fsp3) is 0.375. The van der Waals surface area contributed by atoms with Crippen molar-refractivity contribution in [2.45, 2.75) is 32.7 Å². The predicted molar refractivity (Wildman–Crippen MR) is 86.6 cm³/mol. The van der Waals surface area contributed by atoms with Crippen molar-refractivity contribution in [2.75, 3.05) is 6.54 Å². The van der Waals surface area contributed by atoms with Gasteiger partial charge in [0.05, 0.1) is 0 Å². The van der Waals surface area contributed by atoms with Crippen LogP contribution in [0.2, 0.25) is 5.15 Å². The van der Waals surface area contributed by atoms with Crippen LogP contribution >= 0.6 is 11.6 Å². The van der Waals surface area contributed by atoms with Crippen LogP contribution in [0.1, 0.15) is 28.5 Å². The Kier molecular flexibility index (Phi) is 4.03. The van der Waals surface area contributed by atoms with Crippen LogP contribution in [0.5, 0.6) is 0 Å². The van der Waals surface area contributed by atoms with Gasteiger partial charge in [0.2, 0.25) is 11.7 Å². The van der Waals surface area contributed by atoms with E-state index in [4.69, 9.17) is 20.6 Å². The molecule has 0 bridgehead atoms. The molecule has 1 aliphatic heterocycles. The Labute approximate surface area is 143 Å². The van der Waals surface area contributed by atoms with E-state index >= 15 is 0 Å². The van der Waals surface area contributed by atoms with Crippen LogP contribution in [0, 0.1) is 6.92 Å². The number of halogens is 1. The van der Waals surface area contributed by atoms with Gasteiger partial charge in [0.1, 0.15) is 5.76 Å². The number of aryl methyl sites for hydroxylation is 3. The lowest BCUT2D eigenvalue weighted by Gasteiger charge is -2.19. The highest BCUT2D eigenvalue weighted by Crippen LogP contribution is 2.28. The fourth-order valence-corrected chi connectivity index (χ4v) is 3.12. The van der Waals surface area contributed by atoms with E-state index in [1.807, 2.05) is 13.1 Å². The molecule has 0 atom stereocenters. The van der Waals surface area contributed by atoms with E-state index in [-0.39, 0.29) is 0 Å². The number of aromatic nitrogens is 4. The Bertz CT molecular complexity index is 873. The van der Waals surface area contributed by atoms with Gasteiger partial charge in [-0.15, -0.1) is 0 Å². The highest BCUT2D eigenvalue weighted by atomic mass is 35.5. The van der Waals surface area contributed by atoms with E-state index in [9.17, 15) is 0 Å². The summed E-state index contributed by atoms with van der Waals surface area (Å²) in [6, 6.07) is 1.69. The highest BCUT2D eigenvalue weighted by Gasteiger charge is 2.21. The minimum atomic E-state index is 0.349. The molecular weight excluding hydrogens is 330 g/mol. The first-order chi connectivity index (χ1) is 11.7. The molecular formula is C16H16ClN5O2. The number of rotatable bonds is 4. The van der Waals surface area contributed by atoms with Crippen molar-refractivity contribution in [3.8, 4) is 11.4 Å². The molecule has 0 amide bonds. The summed E-state index contributed by atoms with van der Waals surface area (Å²) in [5.41, 5.74) is 4.37. The second-order valence-corrected chi connectivity index (χ2v) is 6.16. The summed E-state index contributed by atoms with van der Waals surface area (Å²) in [6.45, 7) is 3.75. The normalized spacial score (nSPS) is 13.9. The molecule has 8 heteroatoms. The Morgan fingerprint density at radius 1 is 1.25 bits per heavy atom. The molecule has 4 rings (SSSR count). The molecule has 1 aliphatic rings. The first kappa shape index (κ1) is 15.3. The molecule has 0 spiro atoms. The van der Waals surface area contributed by atoms with Gasteiger partial charge in [0, 0.05) is 42.9 Å². The molecule has 7 nitrogen and oxygen atoms in total. The monoisotopic (exact) mass is 345 g/mol. The zero-order chi connectivity index (χ0) is 16.5. The summed E-state index contributed by atoms with van der Waals surface area (Å²) in [4.78, 5) is 9.01. The molecule has 1 N–H and O–H groups in total. The Hall–Kier alpha value is -2.25. The molecule has 4 heterocycles. The third-order valence-electron chi connectivity index (χ3n) is 4.14. The maximum Gasteiger partial charge on any atom is 0.227 e. The van der Waals surface area contributed by atoms with Crippen LogP contribution in [0.15, 0.2) is 21.3 Å². The molecule has 0 unspecified atom stereocenters. The van der Waals surface area contributed by atoms with E-state index in [0.717, 1.165) is 30.8 Å². The van der Waals surface area contributed by atoms with Crippen LogP contribution in [0.3, 0.4) is 0 Å². The zero-order valence-electron chi connectivity index (χ0n) is 13.2. The average Bonchev–Trinajstić information content (AvgIpc) is 3.22. The number of nitrogens with one attached hydrogen (secondary N) is 1.